The van der Waals surface area contributed by atoms with Gasteiger partial charge in [0.1, 0.15) is 12.1 Å². The number of nitrogens with zero attached hydrogens (tertiary/aromatic N) is 5. The second-order valence-corrected chi connectivity index (χ2v) is 7.13. The molecule has 144 valence electrons. The van der Waals surface area contributed by atoms with E-state index in [0.29, 0.717) is 12.0 Å². The van der Waals surface area contributed by atoms with Gasteiger partial charge in [0, 0.05) is 24.5 Å². The highest BCUT2D eigenvalue weighted by atomic mass is 15.4. The summed E-state index contributed by atoms with van der Waals surface area (Å²) in [6.07, 6.45) is 5.89. The summed E-state index contributed by atoms with van der Waals surface area (Å²) in [5, 5.41) is 7.74. The summed E-state index contributed by atoms with van der Waals surface area (Å²) < 4.78 is 1.75. The molecule has 1 N–H and O–H groups in total. The molecule has 6 heteroatoms. The largest absolute Gasteiger partial charge is 0.364 e. The van der Waals surface area contributed by atoms with E-state index in [1.807, 2.05) is 36.5 Å². The Kier molecular flexibility index (Phi) is 4.66. The average Bonchev–Trinajstić information content (AvgIpc) is 3.45. The fraction of sp³-hybridized carbons (Fsp3) is 0.174. The van der Waals surface area contributed by atoms with Gasteiger partial charge in [-0.1, -0.05) is 48.5 Å². The number of anilines is 3. The van der Waals surface area contributed by atoms with Crippen LogP contribution < -0.4 is 10.2 Å². The maximum absolute atomic E-state index is 4.51. The fourth-order valence-corrected chi connectivity index (χ4v) is 3.90. The van der Waals surface area contributed by atoms with Crippen LogP contribution in [0.4, 0.5) is 17.5 Å². The normalized spacial score (nSPS) is 16.1. The third kappa shape index (κ3) is 3.69. The van der Waals surface area contributed by atoms with Crippen molar-refractivity contribution in [2.45, 2.75) is 18.9 Å². The highest BCUT2D eigenvalue weighted by Gasteiger charge is 2.26. The van der Waals surface area contributed by atoms with E-state index in [9.17, 15) is 0 Å². The minimum Gasteiger partial charge on any atom is -0.364 e. The first-order valence-corrected chi connectivity index (χ1v) is 9.88. The highest BCUT2D eigenvalue weighted by molar-refractivity contribution is 5.59. The van der Waals surface area contributed by atoms with Crippen LogP contribution >= 0.6 is 0 Å². The first-order valence-electron chi connectivity index (χ1n) is 9.88. The third-order valence-electron chi connectivity index (χ3n) is 5.26. The predicted octanol–water partition coefficient (Wildman–Crippen LogP) is 4.75. The van der Waals surface area contributed by atoms with E-state index in [0.717, 1.165) is 30.2 Å². The topological polar surface area (TPSA) is 58.9 Å². The molecule has 0 bridgehead atoms. The van der Waals surface area contributed by atoms with Crippen LogP contribution in [0.15, 0.2) is 85.3 Å². The monoisotopic (exact) mass is 382 g/mol. The lowest BCUT2D eigenvalue weighted by molar-refractivity contribution is 0.719. The van der Waals surface area contributed by atoms with Crippen molar-refractivity contribution < 1.29 is 0 Å². The molecule has 1 unspecified atom stereocenters. The van der Waals surface area contributed by atoms with Crippen molar-refractivity contribution in [1.82, 2.24) is 19.7 Å². The minimum atomic E-state index is 0.405. The third-order valence-corrected chi connectivity index (χ3v) is 5.26. The summed E-state index contributed by atoms with van der Waals surface area (Å²) in [5.41, 5.74) is 3.49. The van der Waals surface area contributed by atoms with Crippen LogP contribution in [0.3, 0.4) is 0 Å². The number of hydrogen-bond acceptors (Lipinski definition) is 5. The highest BCUT2D eigenvalue weighted by Crippen LogP contribution is 2.36. The Morgan fingerprint density at radius 2 is 1.66 bits per heavy atom. The van der Waals surface area contributed by atoms with Gasteiger partial charge in [0.2, 0.25) is 5.95 Å². The number of para-hydroxylation sites is 1. The zero-order valence-corrected chi connectivity index (χ0v) is 16.0. The van der Waals surface area contributed by atoms with E-state index in [-0.39, 0.29) is 0 Å². The lowest BCUT2D eigenvalue weighted by Crippen LogP contribution is -2.22. The zero-order valence-electron chi connectivity index (χ0n) is 16.0. The van der Waals surface area contributed by atoms with Crippen LogP contribution in [-0.2, 0) is 0 Å². The van der Waals surface area contributed by atoms with Gasteiger partial charge >= 0.3 is 0 Å². The summed E-state index contributed by atoms with van der Waals surface area (Å²) in [7, 11) is 0. The van der Waals surface area contributed by atoms with Gasteiger partial charge in [0.05, 0.1) is 11.7 Å². The molecule has 2 aromatic heterocycles. The molecule has 0 saturated carbocycles. The molecule has 0 spiro atoms. The summed E-state index contributed by atoms with van der Waals surface area (Å²) in [6.45, 7) is 1.05. The minimum absolute atomic E-state index is 0.405. The Hall–Kier alpha value is -3.67. The number of benzene rings is 2. The molecule has 0 aliphatic carbocycles. The van der Waals surface area contributed by atoms with Crippen molar-refractivity contribution >= 4 is 17.5 Å². The van der Waals surface area contributed by atoms with Crippen LogP contribution in [0.1, 0.15) is 24.4 Å². The molecule has 4 aromatic rings. The molecule has 3 heterocycles. The molecule has 1 atom stereocenters. The van der Waals surface area contributed by atoms with Crippen molar-refractivity contribution in [1.29, 1.82) is 0 Å². The van der Waals surface area contributed by atoms with Crippen molar-refractivity contribution in [3.05, 3.63) is 90.9 Å². The van der Waals surface area contributed by atoms with Crippen LogP contribution in [0.25, 0.3) is 5.69 Å². The molecule has 0 radical (unpaired) electrons. The van der Waals surface area contributed by atoms with Gasteiger partial charge in [-0.05, 0) is 36.6 Å². The quantitative estimate of drug-likeness (QED) is 0.540. The molecular formula is C23H22N6. The van der Waals surface area contributed by atoms with E-state index in [1.54, 1.807) is 11.0 Å². The summed E-state index contributed by atoms with van der Waals surface area (Å²) in [4.78, 5) is 11.3. The number of pyridine rings is 1. The van der Waals surface area contributed by atoms with Crippen molar-refractivity contribution in [3.8, 4) is 5.69 Å². The standard InChI is InChI=1S/C23H22N6/c1-3-8-18(9-4-1)21-12-7-15-28(21)20-13-14-24-22(16-20)26-23-25-17-29(27-23)19-10-5-2-6-11-19/h1-6,8-11,13-14,16-17,21H,7,12,15H2,(H,24,26,27). The maximum atomic E-state index is 4.51. The molecule has 5 rings (SSSR count). The van der Waals surface area contributed by atoms with Crippen molar-refractivity contribution in [3.63, 3.8) is 0 Å². The molecule has 1 aliphatic rings. The molecule has 0 amide bonds. The Morgan fingerprint density at radius 3 is 2.48 bits per heavy atom. The van der Waals surface area contributed by atoms with E-state index in [4.69, 9.17) is 0 Å². The summed E-state index contributed by atoms with van der Waals surface area (Å²) >= 11 is 0. The Balaban J connectivity index is 1.36. The molecular weight excluding hydrogens is 360 g/mol. The smallest absolute Gasteiger partial charge is 0.248 e. The van der Waals surface area contributed by atoms with E-state index >= 15 is 0 Å². The van der Waals surface area contributed by atoms with Crippen LogP contribution in [0, 0.1) is 0 Å². The van der Waals surface area contributed by atoms with Crippen LogP contribution in [0.2, 0.25) is 0 Å². The average molecular weight is 382 g/mol. The SMILES string of the molecule is c1ccc(C2CCCN2c2ccnc(Nc3ncn(-c4ccccc4)n3)c2)cc1. The molecule has 2 aromatic carbocycles. The van der Waals surface area contributed by atoms with E-state index in [1.165, 1.54) is 12.0 Å². The molecule has 1 aliphatic heterocycles. The van der Waals surface area contributed by atoms with Gasteiger partial charge in [-0.3, -0.25) is 0 Å². The van der Waals surface area contributed by atoms with Crippen molar-refractivity contribution in [2.24, 2.45) is 0 Å². The lowest BCUT2D eigenvalue weighted by atomic mass is 10.0. The van der Waals surface area contributed by atoms with Gasteiger partial charge in [-0.25, -0.2) is 9.67 Å². The van der Waals surface area contributed by atoms with Crippen LogP contribution in [0.5, 0.6) is 0 Å². The zero-order chi connectivity index (χ0) is 19.5. The number of rotatable bonds is 5. The van der Waals surface area contributed by atoms with Gasteiger partial charge in [0.15, 0.2) is 0 Å². The summed E-state index contributed by atoms with van der Waals surface area (Å²) in [5.74, 6) is 1.27. The maximum Gasteiger partial charge on any atom is 0.248 e. The summed E-state index contributed by atoms with van der Waals surface area (Å²) in [6, 6.07) is 25.2. The molecule has 29 heavy (non-hydrogen) atoms. The molecule has 6 nitrogen and oxygen atoms in total. The first kappa shape index (κ1) is 17.4. The second kappa shape index (κ2) is 7.75. The first-order chi connectivity index (χ1) is 14.4. The number of hydrogen-bond donors (Lipinski definition) is 1. The Labute approximate surface area is 169 Å². The fourth-order valence-electron chi connectivity index (χ4n) is 3.90. The Morgan fingerprint density at radius 1 is 0.862 bits per heavy atom. The van der Waals surface area contributed by atoms with Gasteiger partial charge < -0.3 is 10.2 Å². The van der Waals surface area contributed by atoms with E-state index < -0.39 is 0 Å². The molecule has 1 saturated heterocycles. The Bertz CT molecular complexity index is 1080. The van der Waals surface area contributed by atoms with Crippen molar-refractivity contribution in [2.75, 3.05) is 16.8 Å². The number of nitrogens with one attached hydrogen (secondary N) is 1. The second-order valence-electron chi connectivity index (χ2n) is 7.13. The van der Waals surface area contributed by atoms with Gasteiger partial charge in [-0.2, -0.15) is 4.98 Å². The molecule has 1 fully saturated rings. The lowest BCUT2D eigenvalue weighted by Gasteiger charge is -2.27. The van der Waals surface area contributed by atoms with Gasteiger partial charge in [0.25, 0.3) is 0 Å². The van der Waals surface area contributed by atoms with E-state index in [2.05, 4.69) is 67.7 Å². The van der Waals surface area contributed by atoms with Crippen LogP contribution in [-0.4, -0.2) is 26.3 Å². The van der Waals surface area contributed by atoms with Gasteiger partial charge in [-0.15, -0.1) is 5.10 Å². The number of aromatic nitrogens is 4. The predicted molar refractivity (Wildman–Crippen MR) is 115 cm³/mol.